The molecule has 0 N–H and O–H groups in total. The predicted octanol–water partition coefficient (Wildman–Crippen LogP) is 4.78. The van der Waals surface area contributed by atoms with Gasteiger partial charge in [-0.15, -0.1) is 0 Å². The minimum absolute atomic E-state index is 0.0369. The van der Waals surface area contributed by atoms with E-state index >= 15 is 0 Å². The zero-order valence-corrected chi connectivity index (χ0v) is 14.8. The van der Waals surface area contributed by atoms with E-state index in [0.717, 1.165) is 28.3 Å². The van der Waals surface area contributed by atoms with Gasteiger partial charge in [0.25, 0.3) is 5.56 Å². The highest BCUT2D eigenvalue weighted by Gasteiger charge is 2.06. The zero-order chi connectivity index (χ0) is 18.6. The Morgan fingerprint density at radius 2 is 1.59 bits per heavy atom. The molecular formula is C24H18N2O. The van der Waals surface area contributed by atoms with Gasteiger partial charge in [-0.2, -0.15) is 5.26 Å². The van der Waals surface area contributed by atoms with Crippen molar-refractivity contribution in [1.29, 1.82) is 5.26 Å². The van der Waals surface area contributed by atoms with Gasteiger partial charge in [-0.05, 0) is 58.8 Å². The molecule has 0 bridgehead atoms. The molecule has 3 heteroatoms. The van der Waals surface area contributed by atoms with Gasteiger partial charge < -0.3 is 4.57 Å². The summed E-state index contributed by atoms with van der Waals surface area (Å²) in [6.45, 7) is 0.663. The quantitative estimate of drug-likeness (QED) is 0.531. The summed E-state index contributed by atoms with van der Waals surface area (Å²) in [4.78, 5) is 12.8. The van der Waals surface area contributed by atoms with Crippen molar-refractivity contribution in [1.82, 2.24) is 4.57 Å². The van der Waals surface area contributed by atoms with Crippen LogP contribution < -0.4 is 5.56 Å². The zero-order valence-electron chi connectivity index (χ0n) is 14.8. The SMILES string of the molecule is N#Cc1ccc(-c2ccc3c(=O)n(CCc4ccccc4)ccc3c2)cc1. The van der Waals surface area contributed by atoms with Crippen molar-refractivity contribution in [3.05, 3.63) is 107 Å². The maximum absolute atomic E-state index is 12.8. The molecule has 1 aromatic heterocycles. The third kappa shape index (κ3) is 3.51. The molecule has 0 atom stereocenters. The standard InChI is InChI=1S/C24H18N2O/c25-17-19-6-8-20(9-7-19)21-10-11-23-22(16-21)13-15-26(24(23)27)14-12-18-4-2-1-3-5-18/h1-11,13,15-16H,12,14H2. The summed E-state index contributed by atoms with van der Waals surface area (Å²) in [5.74, 6) is 0. The predicted molar refractivity (Wildman–Crippen MR) is 109 cm³/mol. The molecule has 0 fully saturated rings. The summed E-state index contributed by atoms with van der Waals surface area (Å²) >= 11 is 0. The topological polar surface area (TPSA) is 45.8 Å². The lowest BCUT2D eigenvalue weighted by Gasteiger charge is -2.09. The van der Waals surface area contributed by atoms with E-state index in [1.165, 1.54) is 5.56 Å². The molecule has 3 aromatic carbocycles. The summed E-state index contributed by atoms with van der Waals surface area (Å²) in [5, 5.41) is 10.6. The van der Waals surface area contributed by atoms with E-state index in [1.54, 1.807) is 16.7 Å². The number of aryl methyl sites for hydroxylation is 2. The molecule has 1 heterocycles. The third-order valence-corrected chi connectivity index (χ3v) is 4.81. The van der Waals surface area contributed by atoms with Crippen LogP contribution in [0.1, 0.15) is 11.1 Å². The van der Waals surface area contributed by atoms with Gasteiger partial charge in [0.1, 0.15) is 0 Å². The number of hydrogen-bond donors (Lipinski definition) is 0. The van der Waals surface area contributed by atoms with Gasteiger partial charge in [-0.3, -0.25) is 4.79 Å². The van der Waals surface area contributed by atoms with Crippen LogP contribution in [0.5, 0.6) is 0 Å². The molecule has 0 amide bonds. The van der Waals surface area contributed by atoms with Crippen molar-refractivity contribution in [2.24, 2.45) is 0 Å². The summed E-state index contributed by atoms with van der Waals surface area (Å²) in [6, 6.07) is 27.7. The second-order valence-corrected chi connectivity index (χ2v) is 6.54. The molecule has 0 spiro atoms. The summed E-state index contributed by atoms with van der Waals surface area (Å²) in [5.41, 5.74) is 3.97. The summed E-state index contributed by atoms with van der Waals surface area (Å²) in [7, 11) is 0. The fourth-order valence-electron chi connectivity index (χ4n) is 3.28. The molecule has 130 valence electrons. The maximum Gasteiger partial charge on any atom is 0.258 e. The second kappa shape index (κ2) is 7.31. The molecule has 4 rings (SSSR count). The first-order valence-electron chi connectivity index (χ1n) is 8.92. The molecule has 0 aliphatic rings. The first-order valence-corrected chi connectivity index (χ1v) is 8.92. The van der Waals surface area contributed by atoms with Crippen LogP contribution >= 0.6 is 0 Å². The number of pyridine rings is 1. The highest BCUT2D eigenvalue weighted by molar-refractivity contribution is 5.86. The van der Waals surface area contributed by atoms with Crippen molar-refractivity contribution in [3.8, 4) is 17.2 Å². The third-order valence-electron chi connectivity index (χ3n) is 4.81. The Balaban J connectivity index is 1.63. The molecule has 0 aliphatic heterocycles. The van der Waals surface area contributed by atoms with Gasteiger partial charge in [-0.25, -0.2) is 0 Å². The Morgan fingerprint density at radius 3 is 2.33 bits per heavy atom. The van der Waals surface area contributed by atoms with Crippen LogP contribution in [0.2, 0.25) is 0 Å². The number of fused-ring (bicyclic) bond motifs is 1. The molecule has 4 aromatic rings. The van der Waals surface area contributed by atoms with Crippen LogP contribution in [0, 0.1) is 11.3 Å². The number of nitrogens with zero attached hydrogens (tertiary/aromatic N) is 2. The van der Waals surface area contributed by atoms with Crippen LogP contribution in [-0.2, 0) is 13.0 Å². The van der Waals surface area contributed by atoms with E-state index in [-0.39, 0.29) is 5.56 Å². The van der Waals surface area contributed by atoms with Gasteiger partial charge in [-0.1, -0.05) is 48.5 Å². The molecule has 0 saturated heterocycles. The summed E-state index contributed by atoms with van der Waals surface area (Å²) < 4.78 is 1.77. The Labute approximate surface area is 157 Å². The maximum atomic E-state index is 12.8. The van der Waals surface area contributed by atoms with Gasteiger partial charge in [0.05, 0.1) is 11.6 Å². The van der Waals surface area contributed by atoms with E-state index < -0.39 is 0 Å². The van der Waals surface area contributed by atoms with Crippen LogP contribution in [0.4, 0.5) is 0 Å². The molecule has 27 heavy (non-hydrogen) atoms. The van der Waals surface area contributed by atoms with E-state index in [4.69, 9.17) is 5.26 Å². The number of benzene rings is 3. The van der Waals surface area contributed by atoms with Gasteiger partial charge in [0.15, 0.2) is 0 Å². The monoisotopic (exact) mass is 350 g/mol. The Morgan fingerprint density at radius 1 is 0.852 bits per heavy atom. The fourth-order valence-corrected chi connectivity index (χ4v) is 3.28. The first kappa shape index (κ1) is 16.8. The molecular weight excluding hydrogens is 332 g/mol. The Bertz CT molecular complexity index is 1180. The molecule has 0 unspecified atom stereocenters. The lowest BCUT2D eigenvalue weighted by atomic mass is 10.0. The molecule has 0 radical (unpaired) electrons. The van der Waals surface area contributed by atoms with Gasteiger partial charge in [0.2, 0.25) is 0 Å². The molecule has 0 saturated carbocycles. The fraction of sp³-hybridized carbons (Fsp3) is 0.0833. The van der Waals surface area contributed by atoms with Crippen LogP contribution in [0.3, 0.4) is 0 Å². The van der Waals surface area contributed by atoms with E-state index in [0.29, 0.717) is 12.1 Å². The van der Waals surface area contributed by atoms with Crippen molar-refractivity contribution < 1.29 is 0 Å². The smallest absolute Gasteiger partial charge is 0.258 e. The van der Waals surface area contributed by atoms with Crippen LogP contribution in [-0.4, -0.2) is 4.57 Å². The normalized spacial score (nSPS) is 10.6. The van der Waals surface area contributed by atoms with Crippen molar-refractivity contribution in [2.75, 3.05) is 0 Å². The lowest BCUT2D eigenvalue weighted by molar-refractivity contribution is 0.675. The number of nitriles is 1. The minimum Gasteiger partial charge on any atom is -0.315 e. The number of rotatable bonds is 4. The highest BCUT2D eigenvalue weighted by atomic mass is 16.1. The molecule has 3 nitrogen and oxygen atoms in total. The number of hydrogen-bond acceptors (Lipinski definition) is 2. The lowest BCUT2D eigenvalue weighted by Crippen LogP contribution is -2.20. The molecule has 0 aliphatic carbocycles. The van der Waals surface area contributed by atoms with E-state index in [9.17, 15) is 4.79 Å². The van der Waals surface area contributed by atoms with Crippen molar-refractivity contribution in [2.45, 2.75) is 13.0 Å². The van der Waals surface area contributed by atoms with Crippen LogP contribution in [0.25, 0.3) is 21.9 Å². The highest BCUT2D eigenvalue weighted by Crippen LogP contribution is 2.23. The van der Waals surface area contributed by atoms with Gasteiger partial charge in [0, 0.05) is 18.1 Å². The average Bonchev–Trinajstić information content (AvgIpc) is 2.74. The summed E-state index contributed by atoms with van der Waals surface area (Å²) in [6.07, 6.45) is 2.70. The average molecular weight is 350 g/mol. The van der Waals surface area contributed by atoms with Crippen molar-refractivity contribution >= 4 is 10.8 Å². The van der Waals surface area contributed by atoms with Crippen molar-refractivity contribution in [3.63, 3.8) is 0 Å². The van der Waals surface area contributed by atoms with Crippen LogP contribution in [0.15, 0.2) is 89.9 Å². The Hall–Kier alpha value is -3.64. The Kier molecular flexibility index (Phi) is 4.55. The first-order chi connectivity index (χ1) is 13.2. The second-order valence-electron chi connectivity index (χ2n) is 6.54. The van der Waals surface area contributed by atoms with E-state index in [2.05, 4.69) is 18.2 Å². The minimum atomic E-state index is 0.0369. The van der Waals surface area contributed by atoms with E-state index in [1.807, 2.05) is 60.8 Å². The number of aromatic nitrogens is 1. The van der Waals surface area contributed by atoms with Gasteiger partial charge >= 0.3 is 0 Å². The largest absolute Gasteiger partial charge is 0.315 e.